The van der Waals surface area contributed by atoms with E-state index in [1.54, 1.807) is 13.8 Å². The van der Waals surface area contributed by atoms with Crippen LogP contribution in [0, 0.1) is 0 Å². The highest BCUT2D eigenvalue weighted by molar-refractivity contribution is 7.48. The molecule has 6 nitrogen and oxygen atoms in total. The fourth-order valence-electron chi connectivity index (χ4n) is 0.631. The molecular formula is C10H21O6P. The van der Waals surface area contributed by atoms with E-state index in [2.05, 4.69) is 6.58 Å². The van der Waals surface area contributed by atoms with E-state index >= 15 is 0 Å². The molecule has 7 heteroatoms. The number of carboxylic acids is 1. The first-order valence-corrected chi connectivity index (χ1v) is 6.80. The lowest BCUT2D eigenvalue weighted by atomic mass is 10.5. The third kappa shape index (κ3) is 13.3. The van der Waals surface area contributed by atoms with E-state index in [0.717, 1.165) is 12.5 Å². The Labute approximate surface area is 102 Å². The van der Waals surface area contributed by atoms with Gasteiger partial charge in [-0.15, -0.1) is 0 Å². The van der Waals surface area contributed by atoms with Crippen LogP contribution in [-0.2, 0) is 22.9 Å². The van der Waals surface area contributed by atoms with Gasteiger partial charge in [0.15, 0.2) is 0 Å². The van der Waals surface area contributed by atoms with Crippen LogP contribution in [0.25, 0.3) is 0 Å². The molecule has 0 bridgehead atoms. The smallest absolute Gasteiger partial charge is 0.474 e. The average Bonchev–Trinajstić information content (AvgIpc) is 2.28. The topological polar surface area (TPSA) is 82.1 Å². The summed E-state index contributed by atoms with van der Waals surface area (Å²) in [5, 5.41) is 7.60. The number of phosphoric acid groups is 1. The summed E-state index contributed by atoms with van der Waals surface area (Å²) in [7, 11) is -3.24. The molecule has 17 heavy (non-hydrogen) atoms. The normalized spacial score (nSPS) is 10.3. The second-order valence-corrected chi connectivity index (χ2v) is 4.33. The zero-order valence-corrected chi connectivity index (χ0v) is 11.4. The summed E-state index contributed by atoms with van der Waals surface area (Å²) in [5.74, 6) is -0.981. The summed E-state index contributed by atoms with van der Waals surface area (Å²) in [6.45, 7) is 9.46. The van der Waals surface area contributed by atoms with Crippen LogP contribution >= 0.6 is 7.82 Å². The first-order valence-electron chi connectivity index (χ1n) is 5.34. The third-order valence-corrected chi connectivity index (χ3v) is 2.85. The lowest BCUT2D eigenvalue weighted by Gasteiger charge is -2.15. The van der Waals surface area contributed by atoms with Gasteiger partial charge in [0.1, 0.15) is 0 Å². The zero-order chi connectivity index (χ0) is 13.7. The number of hydrogen-bond acceptors (Lipinski definition) is 5. The number of phosphoric ester groups is 1. The van der Waals surface area contributed by atoms with Crippen molar-refractivity contribution < 1.29 is 28.0 Å². The minimum atomic E-state index is -3.24. The van der Waals surface area contributed by atoms with Crippen molar-refractivity contribution in [3.05, 3.63) is 12.7 Å². The van der Waals surface area contributed by atoms with Crippen molar-refractivity contribution in [2.75, 3.05) is 19.8 Å². The van der Waals surface area contributed by atoms with Crippen molar-refractivity contribution >= 4 is 13.8 Å². The molecule has 0 saturated carbocycles. The summed E-state index contributed by atoms with van der Waals surface area (Å²) in [5.41, 5.74) is 0. The first-order chi connectivity index (χ1) is 7.95. The Morgan fingerprint density at radius 1 is 1.24 bits per heavy atom. The van der Waals surface area contributed by atoms with Crippen LogP contribution in [0.4, 0.5) is 0 Å². The second kappa shape index (κ2) is 11.8. The van der Waals surface area contributed by atoms with Gasteiger partial charge in [-0.2, -0.15) is 0 Å². The number of hydrogen-bond donors (Lipinski definition) is 1. The molecule has 0 heterocycles. The molecule has 0 radical (unpaired) electrons. The van der Waals surface area contributed by atoms with Crippen LogP contribution in [0.15, 0.2) is 12.7 Å². The van der Waals surface area contributed by atoms with Gasteiger partial charge >= 0.3 is 13.8 Å². The molecule has 0 aliphatic rings. The summed E-state index contributed by atoms with van der Waals surface area (Å²) >= 11 is 0. The molecule has 0 amide bonds. The standard InChI is InChI=1S/C7H17O4P.C3H4O2/c1-4-7-11-12(8,9-5-2)10-6-3;1-2-3(4)5/h4-7H2,1-3H3;2H,1H2,(H,4,5). The van der Waals surface area contributed by atoms with Crippen molar-refractivity contribution in [1.29, 1.82) is 0 Å². The van der Waals surface area contributed by atoms with E-state index in [0.29, 0.717) is 19.8 Å². The van der Waals surface area contributed by atoms with E-state index in [1.165, 1.54) is 0 Å². The minimum Gasteiger partial charge on any atom is -0.478 e. The largest absolute Gasteiger partial charge is 0.478 e. The highest BCUT2D eigenvalue weighted by Crippen LogP contribution is 2.49. The number of aliphatic carboxylic acids is 1. The van der Waals surface area contributed by atoms with Crippen molar-refractivity contribution in [2.45, 2.75) is 27.2 Å². The minimum absolute atomic E-state index is 0.334. The molecule has 0 spiro atoms. The molecule has 0 aromatic carbocycles. The van der Waals surface area contributed by atoms with Gasteiger partial charge in [-0.1, -0.05) is 13.5 Å². The van der Waals surface area contributed by atoms with Gasteiger partial charge in [-0.25, -0.2) is 9.36 Å². The molecule has 0 saturated heterocycles. The van der Waals surface area contributed by atoms with Gasteiger partial charge in [0.05, 0.1) is 19.8 Å². The van der Waals surface area contributed by atoms with E-state index < -0.39 is 13.8 Å². The maximum Gasteiger partial charge on any atom is 0.474 e. The monoisotopic (exact) mass is 268 g/mol. The van der Waals surface area contributed by atoms with Gasteiger partial charge in [0.25, 0.3) is 0 Å². The van der Waals surface area contributed by atoms with Crippen LogP contribution in [0.1, 0.15) is 27.2 Å². The van der Waals surface area contributed by atoms with Gasteiger partial charge < -0.3 is 5.11 Å². The quantitative estimate of drug-likeness (QED) is 0.538. The van der Waals surface area contributed by atoms with Gasteiger partial charge in [0.2, 0.25) is 0 Å². The van der Waals surface area contributed by atoms with Crippen molar-refractivity contribution in [3.8, 4) is 0 Å². The molecule has 1 N–H and O–H groups in total. The SMILES string of the molecule is C=CC(=O)O.CCCOP(=O)(OCC)OCC. The lowest BCUT2D eigenvalue weighted by molar-refractivity contribution is -0.131. The van der Waals surface area contributed by atoms with Gasteiger partial charge in [-0.3, -0.25) is 13.6 Å². The first kappa shape index (κ1) is 18.7. The predicted molar refractivity (Wildman–Crippen MR) is 64.9 cm³/mol. The van der Waals surface area contributed by atoms with E-state index in [-0.39, 0.29) is 0 Å². The molecule has 0 aliphatic carbocycles. The summed E-state index contributed by atoms with van der Waals surface area (Å²) in [6, 6.07) is 0. The fraction of sp³-hybridized carbons (Fsp3) is 0.700. The molecule has 102 valence electrons. The van der Waals surface area contributed by atoms with Crippen LogP contribution in [-0.4, -0.2) is 30.9 Å². The molecule has 0 unspecified atom stereocenters. The maximum absolute atomic E-state index is 11.5. The van der Waals surface area contributed by atoms with Crippen molar-refractivity contribution in [1.82, 2.24) is 0 Å². The summed E-state index contributed by atoms with van der Waals surface area (Å²) in [4.78, 5) is 9.25. The predicted octanol–water partition coefficient (Wildman–Crippen LogP) is 2.85. The summed E-state index contributed by atoms with van der Waals surface area (Å²) in [6.07, 6.45) is 1.63. The number of carbonyl (C=O) groups is 1. The van der Waals surface area contributed by atoms with Crippen LogP contribution < -0.4 is 0 Å². The maximum atomic E-state index is 11.5. The zero-order valence-electron chi connectivity index (χ0n) is 10.5. The Balaban J connectivity index is 0. The Hall–Kier alpha value is -0.680. The second-order valence-electron chi connectivity index (χ2n) is 2.66. The fourth-order valence-corrected chi connectivity index (χ4v) is 1.89. The van der Waals surface area contributed by atoms with Gasteiger partial charge in [-0.05, 0) is 20.3 Å². The Kier molecular flexibility index (Phi) is 13.0. The van der Waals surface area contributed by atoms with Crippen LogP contribution in [0.2, 0.25) is 0 Å². The highest BCUT2D eigenvalue weighted by atomic mass is 31.2. The molecule has 0 rings (SSSR count). The molecule has 0 fully saturated rings. The van der Waals surface area contributed by atoms with Crippen molar-refractivity contribution in [2.24, 2.45) is 0 Å². The number of rotatable bonds is 8. The Bertz CT molecular complexity index is 243. The van der Waals surface area contributed by atoms with E-state index in [4.69, 9.17) is 18.7 Å². The summed E-state index contributed by atoms with van der Waals surface area (Å²) < 4.78 is 26.2. The van der Waals surface area contributed by atoms with Gasteiger partial charge in [0, 0.05) is 6.08 Å². The van der Waals surface area contributed by atoms with Crippen LogP contribution in [0.5, 0.6) is 0 Å². The molecular weight excluding hydrogens is 247 g/mol. The molecule has 0 aromatic heterocycles. The van der Waals surface area contributed by atoms with E-state index in [9.17, 15) is 9.36 Å². The molecule has 0 atom stereocenters. The van der Waals surface area contributed by atoms with Crippen LogP contribution in [0.3, 0.4) is 0 Å². The molecule has 0 aliphatic heterocycles. The third-order valence-electron chi connectivity index (χ3n) is 1.20. The highest BCUT2D eigenvalue weighted by Gasteiger charge is 2.24. The van der Waals surface area contributed by atoms with E-state index in [1.807, 2.05) is 6.92 Å². The molecule has 0 aromatic rings. The average molecular weight is 268 g/mol. The van der Waals surface area contributed by atoms with Crippen molar-refractivity contribution in [3.63, 3.8) is 0 Å². The Morgan fingerprint density at radius 2 is 1.65 bits per heavy atom. The number of carboxylic acid groups (broad SMARTS) is 1. The lowest BCUT2D eigenvalue weighted by Crippen LogP contribution is -2.00. The Morgan fingerprint density at radius 3 is 1.88 bits per heavy atom.